The number of rotatable bonds is 4. The highest BCUT2D eigenvalue weighted by Gasteiger charge is 2.20. The van der Waals surface area contributed by atoms with Crippen molar-refractivity contribution in [2.24, 2.45) is 0 Å². The van der Waals surface area contributed by atoms with Crippen molar-refractivity contribution in [3.8, 4) is 0 Å². The van der Waals surface area contributed by atoms with Crippen molar-refractivity contribution in [2.75, 3.05) is 0 Å². The molecule has 0 radical (unpaired) electrons. The van der Waals surface area contributed by atoms with Crippen molar-refractivity contribution < 1.29 is 0 Å². The lowest BCUT2D eigenvalue weighted by molar-refractivity contribution is 0.831. The summed E-state index contributed by atoms with van der Waals surface area (Å²) in [6.45, 7) is 9.14. The minimum atomic E-state index is 0.395. The van der Waals surface area contributed by atoms with Gasteiger partial charge in [-0.2, -0.15) is 0 Å². The summed E-state index contributed by atoms with van der Waals surface area (Å²) in [7, 11) is 0. The number of aryl methyl sites for hydroxylation is 1. The van der Waals surface area contributed by atoms with Gasteiger partial charge in [-0.05, 0) is 47.2 Å². The average Bonchev–Trinajstić information content (AvgIpc) is 2.64. The van der Waals surface area contributed by atoms with E-state index in [4.69, 9.17) is 0 Å². The molecule has 3 aromatic carbocycles. The van der Waals surface area contributed by atoms with Crippen LogP contribution in [0.15, 0.2) is 72.8 Å². The Morgan fingerprint density at radius 2 is 1.08 bits per heavy atom. The molecule has 0 spiro atoms. The molecule has 3 rings (SSSR count). The Hall–Kier alpha value is -2.34. The summed E-state index contributed by atoms with van der Waals surface area (Å²) in [6.07, 6.45) is 0. The Morgan fingerprint density at radius 1 is 0.583 bits per heavy atom. The monoisotopic (exact) mass is 314 g/mol. The molecule has 122 valence electrons. The molecular formula is C24H26. The van der Waals surface area contributed by atoms with Gasteiger partial charge in [0.2, 0.25) is 0 Å². The van der Waals surface area contributed by atoms with Crippen LogP contribution in [-0.4, -0.2) is 0 Å². The summed E-state index contributed by atoms with van der Waals surface area (Å²) in [5.74, 6) is 0.791. The molecule has 0 nitrogen and oxygen atoms in total. The van der Waals surface area contributed by atoms with E-state index in [0.717, 1.165) is 0 Å². The zero-order valence-electron chi connectivity index (χ0n) is 15.1. The SMILES string of the molecule is Cc1ccc(C(C)c2ccccc2)c(C(C)c2ccccc2)c1C. The first-order valence-electron chi connectivity index (χ1n) is 8.79. The van der Waals surface area contributed by atoms with Crippen LogP contribution in [0.5, 0.6) is 0 Å². The summed E-state index contributed by atoms with van der Waals surface area (Å²) in [5, 5.41) is 0. The van der Waals surface area contributed by atoms with Crippen molar-refractivity contribution in [3.63, 3.8) is 0 Å². The summed E-state index contributed by atoms with van der Waals surface area (Å²) in [6, 6.07) is 26.3. The van der Waals surface area contributed by atoms with Crippen LogP contribution in [0.4, 0.5) is 0 Å². The van der Waals surface area contributed by atoms with E-state index in [1.165, 1.54) is 33.4 Å². The molecule has 24 heavy (non-hydrogen) atoms. The first-order valence-corrected chi connectivity index (χ1v) is 8.79. The van der Waals surface area contributed by atoms with Crippen molar-refractivity contribution >= 4 is 0 Å². The molecule has 2 atom stereocenters. The highest BCUT2D eigenvalue weighted by atomic mass is 14.2. The van der Waals surface area contributed by atoms with Crippen molar-refractivity contribution in [2.45, 2.75) is 39.5 Å². The quantitative estimate of drug-likeness (QED) is 0.508. The van der Waals surface area contributed by atoms with E-state index in [0.29, 0.717) is 11.8 Å². The van der Waals surface area contributed by atoms with Gasteiger partial charge in [0.1, 0.15) is 0 Å². The van der Waals surface area contributed by atoms with Gasteiger partial charge in [-0.3, -0.25) is 0 Å². The van der Waals surface area contributed by atoms with Gasteiger partial charge in [-0.1, -0.05) is 86.6 Å². The van der Waals surface area contributed by atoms with Gasteiger partial charge in [0, 0.05) is 11.8 Å². The lowest BCUT2D eigenvalue weighted by atomic mass is 9.79. The highest BCUT2D eigenvalue weighted by Crippen LogP contribution is 2.37. The number of hydrogen-bond donors (Lipinski definition) is 0. The summed E-state index contributed by atoms with van der Waals surface area (Å²) in [5.41, 5.74) is 8.48. The second-order valence-corrected chi connectivity index (χ2v) is 6.78. The molecule has 0 heteroatoms. The van der Waals surface area contributed by atoms with Crippen LogP contribution >= 0.6 is 0 Å². The van der Waals surface area contributed by atoms with Crippen LogP contribution in [0.2, 0.25) is 0 Å². The van der Waals surface area contributed by atoms with Crippen molar-refractivity contribution in [1.29, 1.82) is 0 Å². The van der Waals surface area contributed by atoms with Crippen LogP contribution in [0, 0.1) is 13.8 Å². The number of benzene rings is 3. The second-order valence-electron chi connectivity index (χ2n) is 6.78. The highest BCUT2D eigenvalue weighted by molar-refractivity contribution is 5.49. The van der Waals surface area contributed by atoms with Gasteiger partial charge >= 0.3 is 0 Å². The van der Waals surface area contributed by atoms with Gasteiger partial charge in [0.05, 0.1) is 0 Å². The third kappa shape index (κ3) is 3.14. The molecule has 0 aliphatic heterocycles. The minimum absolute atomic E-state index is 0.395. The van der Waals surface area contributed by atoms with Crippen molar-refractivity contribution in [3.05, 3.63) is 106 Å². The molecule has 0 saturated heterocycles. The summed E-state index contributed by atoms with van der Waals surface area (Å²) >= 11 is 0. The lowest BCUT2D eigenvalue weighted by Gasteiger charge is -2.25. The summed E-state index contributed by atoms with van der Waals surface area (Å²) in [4.78, 5) is 0. The molecule has 0 N–H and O–H groups in total. The third-order valence-corrected chi connectivity index (χ3v) is 5.32. The molecule has 0 amide bonds. The van der Waals surface area contributed by atoms with Crippen molar-refractivity contribution in [1.82, 2.24) is 0 Å². The molecule has 0 aliphatic rings. The van der Waals surface area contributed by atoms with Gasteiger partial charge < -0.3 is 0 Å². The fourth-order valence-electron chi connectivity index (χ4n) is 3.64. The maximum atomic E-state index is 2.33. The number of hydrogen-bond acceptors (Lipinski definition) is 0. The lowest BCUT2D eigenvalue weighted by Crippen LogP contribution is -2.08. The maximum Gasteiger partial charge on any atom is 0.00666 e. The molecular weight excluding hydrogens is 288 g/mol. The molecule has 2 unspecified atom stereocenters. The van der Waals surface area contributed by atoms with E-state index < -0.39 is 0 Å². The third-order valence-electron chi connectivity index (χ3n) is 5.32. The van der Waals surface area contributed by atoms with E-state index in [9.17, 15) is 0 Å². The molecule has 0 aliphatic carbocycles. The standard InChI is InChI=1S/C24H26/c1-17-15-16-23(19(3)21-11-7-5-8-12-21)24(18(17)2)20(4)22-13-9-6-10-14-22/h5-16,19-20H,1-4H3. The molecule has 0 bridgehead atoms. The van der Waals surface area contributed by atoms with Crippen LogP contribution in [0.1, 0.15) is 59.1 Å². The molecule has 3 aromatic rings. The van der Waals surface area contributed by atoms with Crippen LogP contribution in [-0.2, 0) is 0 Å². The van der Waals surface area contributed by atoms with Gasteiger partial charge in [-0.25, -0.2) is 0 Å². The molecule has 0 saturated carbocycles. The first kappa shape index (κ1) is 16.5. The topological polar surface area (TPSA) is 0 Å². The van der Waals surface area contributed by atoms with Gasteiger partial charge in [-0.15, -0.1) is 0 Å². The minimum Gasteiger partial charge on any atom is -0.0622 e. The molecule has 0 fully saturated rings. The van der Waals surface area contributed by atoms with E-state index >= 15 is 0 Å². The predicted octanol–water partition coefficient (Wildman–Crippen LogP) is 6.61. The van der Waals surface area contributed by atoms with E-state index in [2.05, 4.69) is 100 Å². The molecule has 0 heterocycles. The Bertz CT molecular complexity index is 800. The first-order chi connectivity index (χ1) is 11.6. The van der Waals surface area contributed by atoms with E-state index in [-0.39, 0.29) is 0 Å². The second kappa shape index (κ2) is 7.05. The summed E-state index contributed by atoms with van der Waals surface area (Å²) < 4.78 is 0. The van der Waals surface area contributed by atoms with Crippen LogP contribution < -0.4 is 0 Å². The zero-order chi connectivity index (χ0) is 17.1. The van der Waals surface area contributed by atoms with Crippen LogP contribution in [0.3, 0.4) is 0 Å². The average molecular weight is 314 g/mol. The van der Waals surface area contributed by atoms with E-state index in [1.54, 1.807) is 0 Å². The Labute approximate surface area is 146 Å². The van der Waals surface area contributed by atoms with Crippen LogP contribution in [0.25, 0.3) is 0 Å². The normalized spacial score (nSPS) is 13.5. The Kier molecular flexibility index (Phi) is 4.85. The molecule has 0 aromatic heterocycles. The van der Waals surface area contributed by atoms with Gasteiger partial charge in [0.15, 0.2) is 0 Å². The Balaban J connectivity index is 2.12. The smallest absolute Gasteiger partial charge is 0.00666 e. The van der Waals surface area contributed by atoms with Gasteiger partial charge in [0.25, 0.3) is 0 Å². The predicted molar refractivity (Wildman–Crippen MR) is 104 cm³/mol. The Morgan fingerprint density at radius 3 is 1.62 bits per heavy atom. The van der Waals surface area contributed by atoms with E-state index in [1.807, 2.05) is 0 Å². The maximum absolute atomic E-state index is 2.33. The fraction of sp³-hybridized carbons (Fsp3) is 0.250. The zero-order valence-corrected chi connectivity index (χ0v) is 15.1. The fourth-order valence-corrected chi connectivity index (χ4v) is 3.64. The largest absolute Gasteiger partial charge is 0.0622 e.